The maximum Gasteiger partial charge on any atom is 0.509 e. The van der Waals surface area contributed by atoms with E-state index in [-0.39, 0.29) is 31.7 Å². The van der Waals surface area contributed by atoms with E-state index in [2.05, 4.69) is 6.92 Å². The highest BCUT2D eigenvalue weighted by atomic mass is 16.8. The van der Waals surface area contributed by atoms with Gasteiger partial charge in [0.05, 0.1) is 51.8 Å². The lowest BCUT2D eigenvalue weighted by atomic mass is 9.56. The second-order valence-corrected chi connectivity index (χ2v) is 15.7. The molecule has 14 atom stereocenters. The molecule has 7 aliphatic rings. The Bertz CT molecular complexity index is 1840. The van der Waals surface area contributed by atoms with Gasteiger partial charge in [0.15, 0.2) is 24.3 Å². The second kappa shape index (κ2) is 12.4. The molecule has 0 amide bonds. The Labute approximate surface area is 307 Å². The molecule has 3 aromatic rings. The number of fused-ring (bicyclic) bond motifs is 1. The third kappa shape index (κ3) is 4.83. The largest absolute Gasteiger partial charge is 0.509 e. The van der Waals surface area contributed by atoms with Crippen LogP contribution in [0, 0.1) is 23.7 Å². The molecule has 12 nitrogen and oxygen atoms in total. The molecule has 0 radical (unpaired) electrons. The minimum atomic E-state index is -1.19. The quantitative estimate of drug-likeness (QED) is 0.319. The van der Waals surface area contributed by atoms with Gasteiger partial charge < -0.3 is 52.5 Å². The highest BCUT2D eigenvalue weighted by Gasteiger charge is 2.87. The van der Waals surface area contributed by atoms with E-state index >= 15 is 0 Å². The molecule has 3 aromatic carbocycles. The SMILES string of the molecule is COc1ccc([C@@H]2OC[C@@H]3[C@H](O2)[C@H](O)[C@H](OCc2ccccc2)[C@@H]2C[C@@]45CO[C@@H](c6ccc(OC)cc6)O[C@H]4[C@]46OC(=O)O[C@H]4[C@@H](C)C[C@H]6[C@@]32O5)cc1. The zero-order valence-corrected chi connectivity index (χ0v) is 29.8. The van der Waals surface area contributed by atoms with Crippen molar-refractivity contribution in [2.24, 2.45) is 23.7 Å². The number of hydrogen-bond acceptors (Lipinski definition) is 12. The van der Waals surface area contributed by atoms with E-state index in [0.717, 1.165) is 16.7 Å². The third-order valence-electron chi connectivity index (χ3n) is 13.1. The number of hydrogen-bond donors (Lipinski definition) is 1. The zero-order chi connectivity index (χ0) is 36.1. The molecule has 2 bridgehead atoms. The van der Waals surface area contributed by atoms with E-state index in [1.807, 2.05) is 78.9 Å². The lowest BCUT2D eigenvalue weighted by Crippen LogP contribution is -2.78. The highest BCUT2D eigenvalue weighted by molar-refractivity contribution is 5.65. The number of rotatable bonds is 7. The molecule has 280 valence electrons. The van der Waals surface area contributed by atoms with Crippen molar-refractivity contribution >= 4 is 6.16 Å². The van der Waals surface area contributed by atoms with Crippen LogP contribution in [0.15, 0.2) is 78.9 Å². The van der Waals surface area contributed by atoms with Gasteiger partial charge in [0, 0.05) is 28.9 Å². The van der Waals surface area contributed by atoms with Gasteiger partial charge in [-0.25, -0.2) is 4.79 Å². The zero-order valence-electron chi connectivity index (χ0n) is 29.8. The summed E-state index contributed by atoms with van der Waals surface area (Å²) in [5.41, 5.74) is -0.682. The summed E-state index contributed by atoms with van der Waals surface area (Å²) in [6.45, 7) is 2.76. The smallest absolute Gasteiger partial charge is 0.497 e. The van der Waals surface area contributed by atoms with Gasteiger partial charge in [-0.15, -0.1) is 0 Å². The van der Waals surface area contributed by atoms with Crippen molar-refractivity contribution in [2.75, 3.05) is 27.4 Å². The molecule has 10 rings (SSSR count). The molecule has 2 aliphatic carbocycles. The first-order chi connectivity index (χ1) is 25.8. The van der Waals surface area contributed by atoms with Gasteiger partial charge in [0.2, 0.25) is 0 Å². The summed E-state index contributed by atoms with van der Waals surface area (Å²) in [5, 5.41) is 12.4. The molecule has 7 fully saturated rings. The number of carbonyl (C=O) groups excluding carboxylic acids is 1. The van der Waals surface area contributed by atoms with Gasteiger partial charge in [-0.1, -0.05) is 61.5 Å². The van der Waals surface area contributed by atoms with Crippen LogP contribution in [0.4, 0.5) is 4.79 Å². The molecule has 3 spiro atoms. The summed E-state index contributed by atoms with van der Waals surface area (Å²) >= 11 is 0. The maximum atomic E-state index is 13.3. The Hall–Kier alpha value is -3.75. The fourth-order valence-corrected chi connectivity index (χ4v) is 11.1. The normalized spacial score (nSPS) is 43.3. The molecule has 2 saturated carbocycles. The first-order valence-corrected chi connectivity index (χ1v) is 18.5. The van der Waals surface area contributed by atoms with Crippen LogP contribution in [-0.4, -0.2) is 86.0 Å². The van der Waals surface area contributed by atoms with Gasteiger partial charge in [-0.05, 0) is 48.6 Å². The number of carbonyl (C=O) groups is 1. The average Bonchev–Trinajstić information content (AvgIpc) is 3.80. The Balaban J connectivity index is 1.08. The number of ether oxygens (including phenoxy) is 10. The summed E-state index contributed by atoms with van der Waals surface area (Å²) in [6, 6.07) is 25.0. The van der Waals surface area contributed by atoms with Crippen molar-refractivity contribution in [3.63, 3.8) is 0 Å². The molecule has 0 aromatic heterocycles. The standard InChI is InChI=1S/C41H44O12/c1-22-17-30-40-28(18-39(53-40)21-48-36(25-11-15-27(45-3)16-12-25)51-37(39)41(30)34(22)50-38(43)52-41)32(46-19-23-7-5-4-6-8-23)31(42)33-29(40)20-47-35(49-33)24-9-13-26(44-2)14-10-24/h4-16,22,28-37,42H,17-21H2,1-3H3/t22-,28-,29+,30-,31+,32+,33-,34-,35+,36+,37+,39+,40-,41+/m0/s1. The molecule has 1 N–H and O–H groups in total. The molecule has 5 heterocycles. The second-order valence-electron chi connectivity index (χ2n) is 15.7. The van der Waals surface area contributed by atoms with Crippen LogP contribution in [0.3, 0.4) is 0 Å². The maximum absolute atomic E-state index is 13.3. The van der Waals surface area contributed by atoms with Crippen molar-refractivity contribution in [2.45, 2.75) is 86.3 Å². The Morgan fingerprint density at radius 2 is 1.51 bits per heavy atom. The fraction of sp³-hybridized carbons (Fsp3) is 0.537. The molecule has 5 saturated heterocycles. The van der Waals surface area contributed by atoms with E-state index in [1.54, 1.807) is 14.2 Å². The highest BCUT2D eigenvalue weighted by Crippen LogP contribution is 2.73. The van der Waals surface area contributed by atoms with Crippen LogP contribution in [0.25, 0.3) is 0 Å². The molecule has 0 unspecified atom stereocenters. The van der Waals surface area contributed by atoms with Crippen LogP contribution < -0.4 is 9.47 Å². The average molecular weight is 729 g/mol. The van der Waals surface area contributed by atoms with Crippen molar-refractivity contribution in [3.8, 4) is 11.5 Å². The first-order valence-electron chi connectivity index (χ1n) is 18.5. The topological polar surface area (TPSA) is 130 Å². The predicted octanol–water partition coefficient (Wildman–Crippen LogP) is 5.27. The lowest BCUT2D eigenvalue weighted by molar-refractivity contribution is -0.407. The lowest BCUT2D eigenvalue weighted by Gasteiger charge is -2.63. The number of methoxy groups -OCH3 is 2. The molecular formula is C41H44O12. The summed E-state index contributed by atoms with van der Waals surface area (Å²) in [5.74, 6) is 0.168. The molecule has 53 heavy (non-hydrogen) atoms. The van der Waals surface area contributed by atoms with Crippen LogP contribution in [0.1, 0.15) is 49.0 Å². The van der Waals surface area contributed by atoms with Crippen LogP contribution >= 0.6 is 0 Å². The number of benzene rings is 3. The van der Waals surface area contributed by atoms with Gasteiger partial charge in [-0.2, -0.15) is 0 Å². The van der Waals surface area contributed by atoms with Gasteiger partial charge >= 0.3 is 6.16 Å². The molecule has 12 heteroatoms. The van der Waals surface area contributed by atoms with E-state index in [0.29, 0.717) is 24.3 Å². The minimum absolute atomic E-state index is 0.0705. The summed E-state index contributed by atoms with van der Waals surface area (Å²) < 4.78 is 64.6. The summed E-state index contributed by atoms with van der Waals surface area (Å²) in [4.78, 5) is 13.3. The summed E-state index contributed by atoms with van der Waals surface area (Å²) in [6.07, 6.45) is -4.91. The van der Waals surface area contributed by atoms with E-state index in [1.165, 1.54) is 0 Å². The first kappa shape index (κ1) is 33.8. The third-order valence-corrected chi connectivity index (χ3v) is 13.1. The van der Waals surface area contributed by atoms with E-state index in [9.17, 15) is 9.90 Å². The fourth-order valence-electron chi connectivity index (χ4n) is 11.1. The van der Waals surface area contributed by atoms with Crippen LogP contribution in [0.2, 0.25) is 0 Å². The van der Waals surface area contributed by atoms with Crippen LogP contribution in [0.5, 0.6) is 11.5 Å². The van der Waals surface area contributed by atoms with Crippen molar-refractivity contribution in [3.05, 3.63) is 95.6 Å². The van der Waals surface area contributed by atoms with Crippen molar-refractivity contribution in [1.29, 1.82) is 0 Å². The predicted molar refractivity (Wildman–Crippen MR) is 184 cm³/mol. The monoisotopic (exact) mass is 728 g/mol. The van der Waals surface area contributed by atoms with Gasteiger partial charge in [-0.3, -0.25) is 0 Å². The number of aliphatic hydroxyl groups is 1. The molecule has 5 aliphatic heterocycles. The van der Waals surface area contributed by atoms with E-state index in [4.69, 9.17) is 47.4 Å². The van der Waals surface area contributed by atoms with Crippen LogP contribution in [-0.2, 0) is 44.5 Å². The van der Waals surface area contributed by atoms with Crippen molar-refractivity contribution in [1.82, 2.24) is 0 Å². The van der Waals surface area contributed by atoms with Crippen molar-refractivity contribution < 1.29 is 57.3 Å². The van der Waals surface area contributed by atoms with Gasteiger partial charge in [0.25, 0.3) is 0 Å². The number of aliphatic hydroxyl groups excluding tert-OH is 1. The minimum Gasteiger partial charge on any atom is -0.497 e. The molecular weight excluding hydrogens is 684 g/mol. The Kier molecular flexibility index (Phi) is 7.90. The summed E-state index contributed by atoms with van der Waals surface area (Å²) in [7, 11) is 3.24. The Morgan fingerprint density at radius 3 is 2.19 bits per heavy atom. The Morgan fingerprint density at radius 1 is 0.830 bits per heavy atom. The van der Waals surface area contributed by atoms with E-state index < -0.39 is 77.9 Å². The van der Waals surface area contributed by atoms with Gasteiger partial charge in [0.1, 0.15) is 29.3 Å².